The molecule has 1 amide bonds. The molecule has 1 saturated heterocycles. The number of nitrogens with one attached hydrogen (secondary N) is 1. The van der Waals surface area contributed by atoms with Crippen LogP contribution in [0, 0.1) is 5.92 Å². The lowest BCUT2D eigenvalue weighted by Gasteiger charge is -2.27. The minimum Gasteiger partial charge on any atom is -0.374 e. The molecule has 0 aliphatic carbocycles. The summed E-state index contributed by atoms with van der Waals surface area (Å²) in [6.45, 7) is 4.27. The Balaban J connectivity index is 2.30. The molecule has 1 aliphatic rings. The van der Waals surface area contributed by atoms with Crippen molar-refractivity contribution >= 4 is 5.91 Å². The van der Waals surface area contributed by atoms with Gasteiger partial charge in [-0.3, -0.25) is 10.1 Å². The Bertz CT molecular complexity index is 237. The van der Waals surface area contributed by atoms with E-state index in [0.29, 0.717) is 19.0 Å². The standard InChI is InChI=1S/C10H18F2N2O2/c1-7(2)10-13-5-9(15)14(10)3-4-16-6-8(11)12/h7-8,10,13H,3-6H2,1-2H3. The van der Waals surface area contributed by atoms with Gasteiger partial charge in [0.2, 0.25) is 5.91 Å². The number of hydrogen-bond acceptors (Lipinski definition) is 3. The van der Waals surface area contributed by atoms with Crippen molar-refractivity contribution in [2.45, 2.75) is 26.4 Å². The number of carbonyl (C=O) groups excluding carboxylic acids is 1. The van der Waals surface area contributed by atoms with Gasteiger partial charge in [0.05, 0.1) is 19.3 Å². The van der Waals surface area contributed by atoms with Crippen LogP contribution in [0.5, 0.6) is 0 Å². The molecule has 0 radical (unpaired) electrons. The van der Waals surface area contributed by atoms with E-state index in [2.05, 4.69) is 5.32 Å². The monoisotopic (exact) mass is 236 g/mol. The molecule has 1 N–H and O–H groups in total. The maximum atomic E-state index is 11.8. The van der Waals surface area contributed by atoms with E-state index in [0.717, 1.165) is 0 Å². The highest BCUT2D eigenvalue weighted by Gasteiger charge is 2.31. The van der Waals surface area contributed by atoms with Gasteiger partial charge in [0, 0.05) is 6.54 Å². The van der Waals surface area contributed by atoms with Crippen LogP contribution in [0.3, 0.4) is 0 Å². The Morgan fingerprint density at radius 2 is 2.25 bits per heavy atom. The molecule has 1 rings (SSSR count). The molecule has 94 valence electrons. The van der Waals surface area contributed by atoms with Gasteiger partial charge >= 0.3 is 0 Å². The van der Waals surface area contributed by atoms with Crippen LogP contribution in [0.2, 0.25) is 0 Å². The molecule has 0 spiro atoms. The summed E-state index contributed by atoms with van der Waals surface area (Å²) in [6, 6.07) is 0. The lowest BCUT2D eigenvalue weighted by Crippen LogP contribution is -2.43. The molecule has 1 heterocycles. The Labute approximate surface area is 93.9 Å². The number of hydrogen-bond donors (Lipinski definition) is 1. The van der Waals surface area contributed by atoms with Crippen molar-refractivity contribution in [3.63, 3.8) is 0 Å². The maximum Gasteiger partial charge on any atom is 0.261 e. The average molecular weight is 236 g/mol. The summed E-state index contributed by atoms with van der Waals surface area (Å²) in [4.78, 5) is 13.1. The Hall–Kier alpha value is -0.750. The highest BCUT2D eigenvalue weighted by molar-refractivity contribution is 5.80. The number of rotatable bonds is 6. The predicted molar refractivity (Wildman–Crippen MR) is 55.2 cm³/mol. The van der Waals surface area contributed by atoms with Gasteiger partial charge < -0.3 is 9.64 Å². The van der Waals surface area contributed by atoms with Crippen LogP contribution in [0.15, 0.2) is 0 Å². The zero-order valence-corrected chi connectivity index (χ0v) is 9.58. The van der Waals surface area contributed by atoms with Crippen LogP contribution in [-0.4, -0.2) is 49.7 Å². The van der Waals surface area contributed by atoms with Gasteiger partial charge in [-0.1, -0.05) is 13.8 Å². The first kappa shape index (κ1) is 13.3. The minimum atomic E-state index is -2.45. The van der Waals surface area contributed by atoms with Gasteiger partial charge in [-0.05, 0) is 5.92 Å². The third kappa shape index (κ3) is 3.68. The lowest BCUT2D eigenvalue weighted by atomic mass is 10.1. The van der Waals surface area contributed by atoms with E-state index in [1.54, 1.807) is 4.90 Å². The van der Waals surface area contributed by atoms with Gasteiger partial charge in [-0.25, -0.2) is 8.78 Å². The van der Waals surface area contributed by atoms with E-state index in [-0.39, 0.29) is 18.7 Å². The number of ether oxygens (including phenoxy) is 1. The van der Waals surface area contributed by atoms with Crippen molar-refractivity contribution in [3.8, 4) is 0 Å². The summed E-state index contributed by atoms with van der Waals surface area (Å²) in [7, 11) is 0. The number of amides is 1. The molecule has 0 aromatic heterocycles. The molecule has 6 heteroatoms. The Morgan fingerprint density at radius 3 is 2.81 bits per heavy atom. The first-order valence-corrected chi connectivity index (χ1v) is 5.41. The zero-order valence-electron chi connectivity index (χ0n) is 9.58. The fraction of sp³-hybridized carbons (Fsp3) is 0.900. The van der Waals surface area contributed by atoms with Crippen molar-refractivity contribution in [3.05, 3.63) is 0 Å². The molecule has 0 aromatic carbocycles. The van der Waals surface area contributed by atoms with E-state index >= 15 is 0 Å². The summed E-state index contributed by atoms with van der Waals surface area (Å²) in [5, 5.41) is 3.08. The fourth-order valence-corrected chi connectivity index (χ4v) is 1.75. The van der Waals surface area contributed by atoms with E-state index < -0.39 is 13.0 Å². The number of nitrogens with zero attached hydrogens (tertiary/aromatic N) is 1. The molecule has 0 aromatic rings. The summed E-state index contributed by atoms with van der Waals surface area (Å²) in [6.07, 6.45) is -2.46. The van der Waals surface area contributed by atoms with Gasteiger partial charge in [0.15, 0.2) is 0 Å². The minimum absolute atomic E-state index is 0.000605. The predicted octanol–water partition coefficient (Wildman–Crippen LogP) is 0.682. The first-order valence-electron chi connectivity index (χ1n) is 5.41. The molecule has 1 unspecified atom stereocenters. The highest BCUT2D eigenvalue weighted by Crippen LogP contribution is 2.13. The van der Waals surface area contributed by atoms with Gasteiger partial charge in [-0.15, -0.1) is 0 Å². The average Bonchev–Trinajstić information content (AvgIpc) is 2.54. The summed E-state index contributed by atoms with van der Waals surface area (Å²) >= 11 is 0. The van der Waals surface area contributed by atoms with Gasteiger partial charge in [0.25, 0.3) is 6.43 Å². The largest absolute Gasteiger partial charge is 0.374 e. The molecule has 4 nitrogen and oxygen atoms in total. The first-order chi connectivity index (χ1) is 7.52. The molecule has 0 saturated carbocycles. The third-order valence-electron chi connectivity index (χ3n) is 2.47. The van der Waals surface area contributed by atoms with E-state index in [1.165, 1.54) is 0 Å². The summed E-state index contributed by atoms with van der Waals surface area (Å²) in [5.74, 6) is 0.292. The van der Waals surface area contributed by atoms with Gasteiger partial charge in [-0.2, -0.15) is 0 Å². The molecular formula is C10H18F2N2O2. The molecule has 1 fully saturated rings. The van der Waals surface area contributed by atoms with Crippen molar-refractivity contribution in [2.24, 2.45) is 5.92 Å². The highest BCUT2D eigenvalue weighted by atomic mass is 19.3. The zero-order chi connectivity index (χ0) is 12.1. The molecule has 0 bridgehead atoms. The van der Waals surface area contributed by atoms with Crippen LogP contribution in [0.25, 0.3) is 0 Å². The van der Waals surface area contributed by atoms with Crippen LogP contribution in [0.1, 0.15) is 13.8 Å². The normalized spacial score (nSPS) is 21.5. The summed E-state index contributed by atoms with van der Waals surface area (Å²) in [5.41, 5.74) is 0. The molecule has 1 aliphatic heterocycles. The quantitative estimate of drug-likeness (QED) is 0.690. The van der Waals surface area contributed by atoms with E-state index in [1.807, 2.05) is 13.8 Å². The molecule has 1 atom stereocenters. The van der Waals surface area contributed by atoms with E-state index in [4.69, 9.17) is 4.74 Å². The van der Waals surface area contributed by atoms with Crippen molar-refractivity contribution in [1.29, 1.82) is 0 Å². The molecular weight excluding hydrogens is 218 g/mol. The Kier molecular flexibility index (Phi) is 5.08. The van der Waals surface area contributed by atoms with Crippen molar-refractivity contribution in [2.75, 3.05) is 26.3 Å². The van der Waals surface area contributed by atoms with Crippen molar-refractivity contribution in [1.82, 2.24) is 10.2 Å². The second-order valence-corrected chi connectivity index (χ2v) is 4.12. The number of carbonyl (C=O) groups is 1. The summed E-state index contributed by atoms with van der Waals surface area (Å²) < 4.78 is 28.4. The third-order valence-corrected chi connectivity index (χ3v) is 2.47. The van der Waals surface area contributed by atoms with Crippen LogP contribution < -0.4 is 5.32 Å². The maximum absolute atomic E-state index is 11.8. The van der Waals surface area contributed by atoms with Crippen LogP contribution in [0.4, 0.5) is 8.78 Å². The molecule has 16 heavy (non-hydrogen) atoms. The second-order valence-electron chi connectivity index (χ2n) is 4.12. The van der Waals surface area contributed by atoms with Crippen molar-refractivity contribution < 1.29 is 18.3 Å². The second kappa shape index (κ2) is 6.10. The smallest absolute Gasteiger partial charge is 0.261 e. The van der Waals surface area contributed by atoms with Crippen LogP contribution >= 0.6 is 0 Å². The SMILES string of the molecule is CC(C)C1NCC(=O)N1CCOCC(F)F. The van der Waals surface area contributed by atoms with E-state index in [9.17, 15) is 13.6 Å². The Morgan fingerprint density at radius 1 is 1.56 bits per heavy atom. The number of halogens is 2. The lowest BCUT2D eigenvalue weighted by molar-refractivity contribution is -0.129. The topological polar surface area (TPSA) is 41.6 Å². The van der Waals surface area contributed by atoms with Crippen LogP contribution in [-0.2, 0) is 9.53 Å². The number of alkyl halides is 2. The van der Waals surface area contributed by atoms with Gasteiger partial charge in [0.1, 0.15) is 6.61 Å². The fourth-order valence-electron chi connectivity index (χ4n) is 1.75.